The number of carbonyl (C=O) groups is 2. The van der Waals surface area contributed by atoms with E-state index >= 15 is 0 Å². The summed E-state index contributed by atoms with van der Waals surface area (Å²) in [6, 6.07) is 7.44. The Hall–Kier alpha value is -2.37. The molecule has 1 N–H and O–H groups in total. The molecular formula is C17H24N2O4. The Bertz CT molecular complexity index is 569. The van der Waals surface area contributed by atoms with Crippen LogP contribution in [0.1, 0.15) is 32.8 Å². The van der Waals surface area contributed by atoms with E-state index in [0.717, 1.165) is 5.56 Å². The standard InChI is InChI=1S/C17H24N2O4/c1-5-14(17(21)22-6-2)13(4)18-19-16(20)11-23-15-10-8-7-9-12(15)3/h7-10,14H,5-6,11H2,1-4H3,(H,19,20)/b18-13+/t14-/m1/s1. The van der Waals surface area contributed by atoms with Gasteiger partial charge in [-0.05, 0) is 38.8 Å². The number of hydrogen-bond donors (Lipinski definition) is 1. The molecule has 1 aromatic carbocycles. The van der Waals surface area contributed by atoms with E-state index in [1.807, 2.05) is 32.0 Å². The molecule has 0 saturated carbocycles. The first-order chi connectivity index (χ1) is 11.0. The number of rotatable bonds is 8. The van der Waals surface area contributed by atoms with Crippen LogP contribution in [0.4, 0.5) is 0 Å². The zero-order valence-electron chi connectivity index (χ0n) is 14.1. The number of para-hydroxylation sites is 1. The molecule has 0 aliphatic rings. The van der Waals surface area contributed by atoms with Gasteiger partial charge in [0.15, 0.2) is 6.61 Å². The summed E-state index contributed by atoms with van der Waals surface area (Å²) in [7, 11) is 0. The van der Waals surface area contributed by atoms with Crippen LogP contribution in [0.2, 0.25) is 0 Å². The molecule has 1 rings (SSSR count). The van der Waals surface area contributed by atoms with Gasteiger partial charge in [-0.1, -0.05) is 25.1 Å². The maximum absolute atomic E-state index is 11.8. The smallest absolute Gasteiger partial charge is 0.314 e. The predicted octanol–water partition coefficient (Wildman–Crippen LogP) is 2.46. The first kappa shape index (κ1) is 18.7. The van der Waals surface area contributed by atoms with Crippen molar-refractivity contribution in [2.24, 2.45) is 11.0 Å². The number of aryl methyl sites for hydroxylation is 1. The second kappa shape index (κ2) is 9.61. The number of hydrogen-bond acceptors (Lipinski definition) is 5. The molecule has 0 radical (unpaired) electrons. The van der Waals surface area contributed by atoms with Crippen molar-refractivity contribution in [3.05, 3.63) is 29.8 Å². The summed E-state index contributed by atoms with van der Waals surface area (Å²) in [5.41, 5.74) is 3.86. The van der Waals surface area contributed by atoms with Crippen LogP contribution < -0.4 is 10.2 Å². The first-order valence-corrected chi connectivity index (χ1v) is 7.67. The van der Waals surface area contributed by atoms with Crippen molar-refractivity contribution in [1.82, 2.24) is 5.43 Å². The molecule has 0 fully saturated rings. The molecule has 0 heterocycles. The number of ether oxygens (including phenoxy) is 2. The summed E-state index contributed by atoms with van der Waals surface area (Å²) in [5.74, 6) is -0.512. The fraction of sp³-hybridized carbons (Fsp3) is 0.471. The van der Waals surface area contributed by atoms with Crippen LogP contribution >= 0.6 is 0 Å². The summed E-state index contributed by atoms with van der Waals surface area (Å²) in [6.45, 7) is 7.39. The summed E-state index contributed by atoms with van der Waals surface area (Å²) >= 11 is 0. The van der Waals surface area contributed by atoms with Gasteiger partial charge in [-0.25, -0.2) is 5.43 Å². The minimum Gasteiger partial charge on any atom is -0.483 e. The molecule has 1 amide bonds. The number of esters is 1. The number of nitrogens with zero attached hydrogens (tertiary/aromatic N) is 1. The minimum absolute atomic E-state index is 0.141. The average Bonchev–Trinajstić information content (AvgIpc) is 2.53. The molecule has 0 aromatic heterocycles. The van der Waals surface area contributed by atoms with Gasteiger partial charge >= 0.3 is 5.97 Å². The molecule has 1 atom stereocenters. The molecule has 0 saturated heterocycles. The Balaban J connectivity index is 2.53. The molecule has 0 bridgehead atoms. The largest absolute Gasteiger partial charge is 0.483 e. The summed E-state index contributed by atoms with van der Waals surface area (Å²) in [6.07, 6.45) is 0.559. The predicted molar refractivity (Wildman–Crippen MR) is 88.3 cm³/mol. The van der Waals surface area contributed by atoms with E-state index in [1.165, 1.54) is 0 Å². The van der Waals surface area contributed by atoms with Crippen LogP contribution in [-0.2, 0) is 14.3 Å². The number of carbonyl (C=O) groups excluding carboxylic acids is 2. The third-order valence-corrected chi connectivity index (χ3v) is 3.29. The van der Waals surface area contributed by atoms with Gasteiger partial charge in [0.1, 0.15) is 5.75 Å². The van der Waals surface area contributed by atoms with E-state index < -0.39 is 5.92 Å². The third-order valence-electron chi connectivity index (χ3n) is 3.29. The van der Waals surface area contributed by atoms with Gasteiger partial charge in [-0.3, -0.25) is 9.59 Å². The van der Waals surface area contributed by atoms with Crippen molar-refractivity contribution in [2.75, 3.05) is 13.2 Å². The van der Waals surface area contributed by atoms with E-state index in [2.05, 4.69) is 10.5 Å². The van der Waals surface area contributed by atoms with E-state index in [9.17, 15) is 9.59 Å². The Kier molecular flexibility index (Phi) is 7.80. The maximum atomic E-state index is 11.8. The Morgan fingerprint density at radius 3 is 2.57 bits per heavy atom. The van der Waals surface area contributed by atoms with Crippen molar-refractivity contribution in [3.8, 4) is 5.75 Å². The van der Waals surface area contributed by atoms with Crippen LogP contribution in [0.25, 0.3) is 0 Å². The van der Waals surface area contributed by atoms with Gasteiger partial charge in [0.25, 0.3) is 5.91 Å². The SMILES string of the molecule is CCOC(=O)[C@H](CC)/C(C)=N/NC(=O)COc1ccccc1C. The number of nitrogens with one attached hydrogen (secondary N) is 1. The van der Waals surface area contributed by atoms with Crippen LogP contribution in [0.3, 0.4) is 0 Å². The lowest BCUT2D eigenvalue weighted by Crippen LogP contribution is -2.29. The topological polar surface area (TPSA) is 77.0 Å². The van der Waals surface area contributed by atoms with Gasteiger partial charge < -0.3 is 9.47 Å². The van der Waals surface area contributed by atoms with Gasteiger partial charge in [-0.15, -0.1) is 0 Å². The van der Waals surface area contributed by atoms with Crippen LogP contribution in [0, 0.1) is 12.8 Å². The Labute approximate surface area is 136 Å². The summed E-state index contributed by atoms with van der Waals surface area (Å²) in [4.78, 5) is 23.5. The van der Waals surface area contributed by atoms with Gasteiger partial charge in [0.2, 0.25) is 0 Å². The monoisotopic (exact) mass is 320 g/mol. The lowest BCUT2D eigenvalue weighted by atomic mass is 10.0. The average molecular weight is 320 g/mol. The lowest BCUT2D eigenvalue weighted by Gasteiger charge is -2.13. The van der Waals surface area contributed by atoms with Crippen molar-refractivity contribution in [2.45, 2.75) is 34.1 Å². The quantitative estimate of drug-likeness (QED) is 0.453. The van der Waals surface area contributed by atoms with E-state index in [4.69, 9.17) is 9.47 Å². The fourth-order valence-corrected chi connectivity index (χ4v) is 2.00. The highest BCUT2D eigenvalue weighted by molar-refractivity contribution is 6.01. The number of amides is 1. The molecule has 0 spiro atoms. The molecule has 1 aromatic rings. The van der Waals surface area contributed by atoms with Crippen LogP contribution in [0.15, 0.2) is 29.4 Å². The minimum atomic E-state index is -0.451. The number of hydrazone groups is 1. The van der Waals surface area contributed by atoms with Gasteiger partial charge in [0.05, 0.1) is 12.5 Å². The summed E-state index contributed by atoms with van der Waals surface area (Å²) < 4.78 is 10.4. The molecule has 0 aliphatic carbocycles. The Morgan fingerprint density at radius 1 is 1.26 bits per heavy atom. The van der Waals surface area contributed by atoms with E-state index in [1.54, 1.807) is 19.9 Å². The summed E-state index contributed by atoms with van der Waals surface area (Å²) in [5, 5.41) is 3.97. The van der Waals surface area contributed by atoms with E-state index in [-0.39, 0.29) is 18.5 Å². The highest BCUT2D eigenvalue weighted by atomic mass is 16.5. The fourth-order valence-electron chi connectivity index (χ4n) is 2.00. The zero-order chi connectivity index (χ0) is 17.2. The van der Waals surface area contributed by atoms with Gasteiger partial charge in [0, 0.05) is 5.71 Å². The molecule has 6 nitrogen and oxygen atoms in total. The van der Waals surface area contributed by atoms with Crippen molar-refractivity contribution in [1.29, 1.82) is 0 Å². The second-order valence-corrected chi connectivity index (χ2v) is 5.06. The van der Waals surface area contributed by atoms with Crippen LogP contribution in [-0.4, -0.2) is 30.8 Å². The highest BCUT2D eigenvalue weighted by Crippen LogP contribution is 2.15. The molecule has 0 aliphatic heterocycles. The third kappa shape index (κ3) is 6.10. The Morgan fingerprint density at radius 2 is 1.96 bits per heavy atom. The lowest BCUT2D eigenvalue weighted by molar-refractivity contribution is -0.145. The van der Waals surface area contributed by atoms with Crippen LogP contribution in [0.5, 0.6) is 5.75 Å². The molecule has 0 unspecified atom stereocenters. The molecule has 6 heteroatoms. The van der Waals surface area contributed by atoms with Gasteiger partial charge in [-0.2, -0.15) is 5.10 Å². The van der Waals surface area contributed by atoms with Crippen molar-refractivity contribution >= 4 is 17.6 Å². The second-order valence-electron chi connectivity index (χ2n) is 5.06. The zero-order valence-corrected chi connectivity index (χ0v) is 14.1. The maximum Gasteiger partial charge on any atom is 0.314 e. The normalized spacial score (nSPS) is 12.4. The van der Waals surface area contributed by atoms with Crippen molar-refractivity contribution < 1.29 is 19.1 Å². The van der Waals surface area contributed by atoms with Crippen molar-refractivity contribution in [3.63, 3.8) is 0 Å². The number of benzene rings is 1. The highest BCUT2D eigenvalue weighted by Gasteiger charge is 2.21. The molecular weight excluding hydrogens is 296 g/mol. The first-order valence-electron chi connectivity index (χ1n) is 7.67. The molecule has 23 heavy (non-hydrogen) atoms. The van der Waals surface area contributed by atoms with E-state index in [0.29, 0.717) is 24.5 Å². The molecule has 126 valence electrons.